The van der Waals surface area contributed by atoms with Crippen molar-refractivity contribution in [2.45, 2.75) is 6.10 Å². The van der Waals surface area contributed by atoms with E-state index in [2.05, 4.69) is 13.2 Å². The first-order valence-corrected chi connectivity index (χ1v) is 4.44. The lowest BCUT2D eigenvalue weighted by molar-refractivity contribution is -0.140. The summed E-state index contributed by atoms with van der Waals surface area (Å²) < 4.78 is 4.95. The average Bonchev–Trinajstić information content (AvgIpc) is 2.19. The van der Waals surface area contributed by atoms with Crippen molar-refractivity contribution in [2.24, 2.45) is 5.73 Å². The highest BCUT2D eigenvalue weighted by atomic mass is 16.5. The van der Waals surface area contributed by atoms with Gasteiger partial charge in [-0.1, -0.05) is 12.2 Å². The predicted molar refractivity (Wildman–Crippen MR) is 56.8 cm³/mol. The molecule has 1 atom stereocenters. The summed E-state index contributed by atoms with van der Waals surface area (Å²) in [5.41, 5.74) is 5.39. The van der Waals surface area contributed by atoms with Gasteiger partial charge in [-0.05, 0) is 0 Å². The lowest BCUT2D eigenvalue weighted by Crippen LogP contribution is -2.43. The Kier molecular flexibility index (Phi) is 6.70. The molecule has 4 nitrogen and oxygen atoms in total. The molecule has 0 heterocycles. The number of rotatable bonds is 7. The van der Waals surface area contributed by atoms with Crippen LogP contribution in [0, 0.1) is 0 Å². The maximum Gasteiger partial charge on any atom is 0.253 e. The lowest BCUT2D eigenvalue weighted by Gasteiger charge is -2.23. The number of hydrogen-bond donors (Lipinski definition) is 1. The zero-order valence-corrected chi connectivity index (χ0v) is 8.61. The first-order chi connectivity index (χ1) is 6.71. The van der Waals surface area contributed by atoms with Crippen LogP contribution < -0.4 is 5.73 Å². The molecule has 0 saturated heterocycles. The SMILES string of the molecule is C=CCN(CC=C)C(=O)C(CN)OC. The molecular weight excluding hydrogens is 180 g/mol. The normalized spacial score (nSPS) is 11.9. The van der Waals surface area contributed by atoms with Crippen molar-refractivity contribution >= 4 is 5.91 Å². The Bertz CT molecular complexity index is 190. The van der Waals surface area contributed by atoms with Crippen molar-refractivity contribution < 1.29 is 9.53 Å². The molecule has 1 unspecified atom stereocenters. The molecule has 1 amide bonds. The minimum Gasteiger partial charge on any atom is -0.370 e. The number of nitrogens with zero attached hydrogens (tertiary/aromatic N) is 1. The third kappa shape index (κ3) is 3.72. The molecule has 2 N–H and O–H groups in total. The van der Waals surface area contributed by atoms with Gasteiger partial charge in [0.15, 0.2) is 0 Å². The quantitative estimate of drug-likeness (QED) is 0.593. The second-order valence-electron chi connectivity index (χ2n) is 2.78. The van der Waals surface area contributed by atoms with Crippen LogP contribution in [0.3, 0.4) is 0 Å². The zero-order chi connectivity index (χ0) is 11.0. The summed E-state index contributed by atoms with van der Waals surface area (Å²) in [6.07, 6.45) is 2.74. The highest BCUT2D eigenvalue weighted by molar-refractivity contribution is 5.81. The zero-order valence-electron chi connectivity index (χ0n) is 8.61. The van der Waals surface area contributed by atoms with Gasteiger partial charge in [-0.15, -0.1) is 13.2 Å². The minimum atomic E-state index is -0.574. The first-order valence-electron chi connectivity index (χ1n) is 4.44. The molecule has 0 rings (SSSR count). The molecule has 0 spiro atoms. The van der Waals surface area contributed by atoms with E-state index in [9.17, 15) is 4.79 Å². The molecule has 80 valence electrons. The van der Waals surface area contributed by atoms with Gasteiger partial charge in [0.05, 0.1) is 0 Å². The molecule has 0 aliphatic heterocycles. The van der Waals surface area contributed by atoms with Crippen molar-refractivity contribution in [3.8, 4) is 0 Å². The Balaban J connectivity index is 4.38. The summed E-state index contributed by atoms with van der Waals surface area (Å²) in [4.78, 5) is 13.3. The summed E-state index contributed by atoms with van der Waals surface area (Å²) in [6, 6.07) is 0. The molecule has 4 heteroatoms. The van der Waals surface area contributed by atoms with Crippen molar-refractivity contribution in [3.63, 3.8) is 0 Å². The van der Waals surface area contributed by atoms with Crippen LogP contribution in [-0.4, -0.2) is 43.7 Å². The molecule has 0 aliphatic carbocycles. The molecule has 0 aliphatic rings. The van der Waals surface area contributed by atoms with Crippen LogP contribution in [0.2, 0.25) is 0 Å². The third-order valence-corrected chi connectivity index (χ3v) is 1.78. The van der Waals surface area contributed by atoms with Crippen molar-refractivity contribution in [3.05, 3.63) is 25.3 Å². The van der Waals surface area contributed by atoms with Crippen LogP contribution in [0.1, 0.15) is 0 Å². The Morgan fingerprint density at radius 1 is 1.50 bits per heavy atom. The van der Waals surface area contributed by atoms with Crippen LogP contribution in [0.25, 0.3) is 0 Å². The molecule has 0 bridgehead atoms. The smallest absolute Gasteiger partial charge is 0.253 e. The second kappa shape index (κ2) is 7.29. The molecule has 0 fully saturated rings. The number of ether oxygens (including phenoxy) is 1. The average molecular weight is 198 g/mol. The Morgan fingerprint density at radius 3 is 2.29 bits per heavy atom. The van der Waals surface area contributed by atoms with Crippen LogP contribution in [0.4, 0.5) is 0 Å². The number of carbonyl (C=O) groups is 1. The highest BCUT2D eigenvalue weighted by Gasteiger charge is 2.20. The van der Waals surface area contributed by atoms with E-state index in [0.29, 0.717) is 13.1 Å². The van der Waals surface area contributed by atoms with Crippen molar-refractivity contribution in [1.29, 1.82) is 0 Å². The van der Waals surface area contributed by atoms with Gasteiger partial charge in [0.25, 0.3) is 5.91 Å². The summed E-state index contributed by atoms with van der Waals surface area (Å²) in [5.74, 6) is -0.130. The Hall–Kier alpha value is -1.13. The van der Waals surface area contributed by atoms with E-state index in [1.807, 2.05) is 0 Å². The maximum absolute atomic E-state index is 11.7. The van der Waals surface area contributed by atoms with Crippen LogP contribution in [0.15, 0.2) is 25.3 Å². The molecule has 14 heavy (non-hydrogen) atoms. The summed E-state index contributed by atoms with van der Waals surface area (Å²) in [6.45, 7) is 8.29. The van der Waals surface area contributed by atoms with Gasteiger partial charge >= 0.3 is 0 Å². The summed E-state index contributed by atoms with van der Waals surface area (Å²) in [7, 11) is 1.47. The monoisotopic (exact) mass is 198 g/mol. The van der Waals surface area contributed by atoms with Gasteiger partial charge in [-0.2, -0.15) is 0 Å². The molecule has 0 radical (unpaired) electrons. The maximum atomic E-state index is 11.7. The molecule has 0 saturated carbocycles. The standard InChI is InChI=1S/C10H18N2O2/c1-4-6-12(7-5-2)10(13)9(8-11)14-3/h4-5,9H,1-2,6-8,11H2,3H3. The van der Waals surface area contributed by atoms with E-state index in [1.165, 1.54) is 7.11 Å². The summed E-state index contributed by atoms with van der Waals surface area (Å²) in [5, 5.41) is 0. The van der Waals surface area contributed by atoms with E-state index in [0.717, 1.165) is 0 Å². The number of amides is 1. The number of carbonyl (C=O) groups excluding carboxylic acids is 1. The fraction of sp³-hybridized carbons (Fsp3) is 0.500. The lowest BCUT2D eigenvalue weighted by atomic mass is 10.3. The first kappa shape index (κ1) is 12.9. The molecule has 0 aromatic rings. The number of nitrogens with two attached hydrogens (primary N) is 1. The fourth-order valence-electron chi connectivity index (χ4n) is 1.07. The van der Waals surface area contributed by atoms with Gasteiger partial charge in [0, 0.05) is 26.7 Å². The highest BCUT2D eigenvalue weighted by Crippen LogP contribution is 1.98. The van der Waals surface area contributed by atoms with Crippen LogP contribution >= 0.6 is 0 Å². The van der Waals surface area contributed by atoms with E-state index < -0.39 is 6.10 Å². The number of hydrogen-bond acceptors (Lipinski definition) is 3. The largest absolute Gasteiger partial charge is 0.370 e. The van der Waals surface area contributed by atoms with Gasteiger partial charge in [0.2, 0.25) is 0 Å². The summed E-state index contributed by atoms with van der Waals surface area (Å²) >= 11 is 0. The molecule has 0 aromatic heterocycles. The van der Waals surface area contributed by atoms with E-state index in [1.54, 1.807) is 17.1 Å². The predicted octanol–water partition coefficient (Wildman–Crippen LogP) is 0.161. The van der Waals surface area contributed by atoms with Gasteiger partial charge in [0.1, 0.15) is 6.10 Å². The van der Waals surface area contributed by atoms with E-state index in [-0.39, 0.29) is 12.5 Å². The van der Waals surface area contributed by atoms with Gasteiger partial charge in [-0.3, -0.25) is 4.79 Å². The van der Waals surface area contributed by atoms with Crippen molar-refractivity contribution in [1.82, 2.24) is 4.90 Å². The van der Waals surface area contributed by atoms with Gasteiger partial charge in [-0.25, -0.2) is 0 Å². The van der Waals surface area contributed by atoms with Crippen LogP contribution in [0.5, 0.6) is 0 Å². The second-order valence-corrected chi connectivity index (χ2v) is 2.78. The third-order valence-electron chi connectivity index (χ3n) is 1.78. The topological polar surface area (TPSA) is 55.6 Å². The minimum absolute atomic E-state index is 0.130. The van der Waals surface area contributed by atoms with Crippen molar-refractivity contribution in [2.75, 3.05) is 26.7 Å². The fourth-order valence-corrected chi connectivity index (χ4v) is 1.07. The van der Waals surface area contributed by atoms with Crippen LogP contribution in [-0.2, 0) is 9.53 Å². The Morgan fingerprint density at radius 2 is 2.00 bits per heavy atom. The molecule has 0 aromatic carbocycles. The number of methoxy groups -OCH3 is 1. The van der Waals surface area contributed by atoms with Gasteiger partial charge < -0.3 is 15.4 Å². The Labute approximate surface area is 85.0 Å². The molecular formula is C10H18N2O2. The van der Waals surface area contributed by atoms with E-state index >= 15 is 0 Å². The van der Waals surface area contributed by atoms with E-state index in [4.69, 9.17) is 10.5 Å².